The first-order chi connectivity index (χ1) is 8.93. The van der Waals surface area contributed by atoms with Crippen LogP contribution in [0.5, 0.6) is 0 Å². The highest BCUT2D eigenvalue weighted by Crippen LogP contribution is 2.15. The summed E-state index contributed by atoms with van der Waals surface area (Å²) in [6.07, 6.45) is 1.28. The third kappa shape index (κ3) is 4.86. The second-order valence-corrected chi connectivity index (χ2v) is 4.82. The van der Waals surface area contributed by atoms with Gasteiger partial charge in [0.2, 0.25) is 5.91 Å². The fourth-order valence-corrected chi connectivity index (χ4v) is 2.03. The van der Waals surface area contributed by atoms with Gasteiger partial charge < -0.3 is 20.5 Å². The molecule has 0 saturated carbocycles. The summed E-state index contributed by atoms with van der Waals surface area (Å²) in [5.41, 5.74) is 0. The lowest BCUT2D eigenvalue weighted by Crippen LogP contribution is -2.53. The van der Waals surface area contributed by atoms with Crippen molar-refractivity contribution in [3.63, 3.8) is 0 Å². The summed E-state index contributed by atoms with van der Waals surface area (Å²) in [5.74, 6) is -1.89. The number of carboxylic acids is 1. The van der Waals surface area contributed by atoms with Gasteiger partial charge in [0.25, 0.3) is 0 Å². The van der Waals surface area contributed by atoms with E-state index in [2.05, 4.69) is 15.4 Å². The Kier molecular flexibility index (Phi) is 5.75. The molecule has 1 heterocycles. The Morgan fingerprint density at radius 3 is 2.68 bits per heavy atom. The van der Waals surface area contributed by atoms with Crippen molar-refractivity contribution >= 4 is 17.8 Å². The van der Waals surface area contributed by atoms with Gasteiger partial charge in [-0.2, -0.15) is 0 Å². The molecule has 1 amide bonds. The number of hydrogen-bond acceptors (Lipinski definition) is 5. The van der Waals surface area contributed by atoms with Crippen LogP contribution in [0.2, 0.25) is 0 Å². The molecular weight excluding hydrogens is 252 g/mol. The molecule has 0 aromatic rings. The normalized spacial score (nSPS) is 24.3. The number of carbonyl (C=O) groups excluding carboxylic acids is 2. The van der Waals surface area contributed by atoms with Crippen LogP contribution in [-0.2, 0) is 19.1 Å². The number of rotatable bonds is 5. The second kappa shape index (κ2) is 7.08. The Morgan fingerprint density at radius 1 is 1.47 bits per heavy atom. The van der Waals surface area contributed by atoms with E-state index >= 15 is 0 Å². The summed E-state index contributed by atoms with van der Waals surface area (Å²) in [5, 5.41) is 14.4. The van der Waals surface area contributed by atoms with Crippen LogP contribution in [0, 0.1) is 5.92 Å². The fraction of sp³-hybridized carbons (Fsp3) is 0.750. The van der Waals surface area contributed by atoms with Crippen LogP contribution in [0.4, 0.5) is 0 Å². The van der Waals surface area contributed by atoms with Crippen molar-refractivity contribution in [2.24, 2.45) is 5.92 Å². The number of carboxylic acid groups (broad SMARTS) is 1. The molecule has 1 aliphatic rings. The molecule has 0 aromatic carbocycles. The molecule has 19 heavy (non-hydrogen) atoms. The molecule has 0 aromatic heterocycles. The zero-order chi connectivity index (χ0) is 14.4. The Labute approximate surface area is 111 Å². The average molecular weight is 272 g/mol. The zero-order valence-electron chi connectivity index (χ0n) is 11.1. The quantitative estimate of drug-likeness (QED) is 0.583. The standard InChI is InChI=1S/C12H20N2O5/c1-7-3-4-13-8(5-7)11(16)14-9(12(17)18)6-10(15)19-2/h7-9,13H,3-6H2,1-2H3,(H,14,16)(H,17,18)/t7?,8?,9-/m0/s1. The van der Waals surface area contributed by atoms with E-state index < -0.39 is 24.0 Å². The number of methoxy groups -OCH3 is 1. The number of amides is 1. The molecule has 1 aliphatic heterocycles. The van der Waals surface area contributed by atoms with E-state index in [9.17, 15) is 14.4 Å². The molecule has 1 fully saturated rings. The molecule has 3 N–H and O–H groups in total. The van der Waals surface area contributed by atoms with Gasteiger partial charge in [-0.1, -0.05) is 6.92 Å². The van der Waals surface area contributed by atoms with Gasteiger partial charge in [-0.15, -0.1) is 0 Å². The summed E-state index contributed by atoms with van der Waals surface area (Å²) in [7, 11) is 1.17. The number of hydrogen-bond donors (Lipinski definition) is 3. The summed E-state index contributed by atoms with van der Waals surface area (Å²) in [6.45, 7) is 2.78. The maximum absolute atomic E-state index is 11.9. The van der Waals surface area contributed by atoms with E-state index in [0.717, 1.165) is 13.0 Å². The molecular formula is C12H20N2O5. The maximum atomic E-state index is 11.9. The zero-order valence-corrected chi connectivity index (χ0v) is 11.1. The fourth-order valence-electron chi connectivity index (χ4n) is 2.03. The summed E-state index contributed by atoms with van der Waals surface area (Å²) >= 11 is 0. The number of carbonyl (C=O) groups is 3. The van der Waals surface area contributed by atoms with E-state index in [0.29, 0.717) is 12.3 Å². The Morgan fingerprint density at radius 2 is 2.16 bits per heavy atom. The van der Waals surface area contributed by atoms with Gasteiger partial charge in [-0.25, -0.2) is 4.79 Å². The van der Waals surface area contributed by atoms with Crippen molar-refractivity contribution < 1.29 is 24.2 Å². The number of nitrogens with one attached hydrogen (secondary N) is 2. The van der Waals surface area contributed by atoms with Crippen LogP contribution in [0.25, 0.3) is 0 Å². The lowest BCUT2D eigenvalue weighted by molar-refractivity contribution is -0.149. The first-order valence-electron chi connectivity index (χ1n) is 6.27. The molecule has 2 unspecified atom stereocenters. The molecule has 7 nitrogen and oxygen atoms in total. The molecule has 0 radical (unpaired) electrons. The minimum absolute atomic E-state index is 0.375. The largest absolute Gasteiger partial charge is 0.480 e. The van der Waals surface area contributed by atoms with E-state index in [1.807, 2.05) is 6.92 Å². The summed E-state index contributed by atoms with van der Waals surface area (Å²) < 4.78 is 4.41. The van der Waals surface area contributed by atoms with Crippen LogP contribution in [0.15, 0.2) is 0 Å². The molecule has 0 bridgehead atoms. The lowest BCUT2D eigenvalue weighted by atomic mass is 9.93. The SMILES string of the molecule is COC(=O)C[C@H](NC(=O)C1CC(C)CCN1)C(=O)O. The summed E-state index contributed by atoms with van der Waals surface area (Å²) in [4.78, 5) is 34.0. The highest BCUT2D eigenvalue weighted by atomic mass is 16.5. The first kappa shape index (κ1) is 15.4. The molecule has 3 atom stereocenters. The van der Waals surface area contributed by atoms with Crippen LogP contribution in [-0.4, -0.2) is 48.7 Å². The molecule has 108 valence electrons. The van der Waals surface area contributed by atoms with Crippen molar-refractivity contribution in [1.82, 2.24) is 10.6 Å². The van der Waals surface area contributed by atoms with Gasteiger partial charge >= 0.3 is 11.9 Å². The average Bonchev–Trinajstić information content (AvgIpc) is 2.37. The summed E-state index contributed by atoms with van der Waals surface area (Å²) in [6, 6.07) is -1.65. The highest BCUT2D eigenvalue weighted by Gasteiger charge is 2.29. The van der Waals surface area contributed by atoms with Gasteiger partial charge in [0.15, 0.2) is 0 Å². The molecule has 7 heteroatoms. The Bertz CT molecular complexity index is 358. The minimum Gasteiger partial charge on any atom is -0.480 e. The van der Waals surface area contributed by atoms with E-state index in [4.69, 9.17) is 5.11 Å². The van der Waals surface area contributed by atoms with E-state index in [-0.39, 0.29) is 12.3 Å². The van der Waals surface area contributed by atoms with Gasteiger partial charge in [-0.05, 0) is 25.3 Å². The predicted octanol–water partition coefficient (Wildman–Crippen LogP) is -0.493. The molecule has 0 spiro atoms. The number of aliphatic carboxylic acids is 1. The van der Waals surface area contributed by atoms with Crippen LogP contribution in [0.1, 0.15) is 26.2 Å². The van der Waals surface area contributed by atoms with Gasteiger partial charge in [-0.3, -0.25) is 9.59 Å². The smallest absolute Gasteiger partial charge is 0.326 e. The van der Waals surface area contributed by atoms with Crippen LogP contribution in [0.3, 0.4) is 0 Å². The number of piperidine rings is 1. The van der Waals surface area contributed by atoms with Crippen molar-refractivity contribution in [2.75, 3.05) is 13.7 Å². The van der Waals surface area contributed by atoms with Gasteiger partial charge in [0, 0.05) is 0 Å². The third-order valence-electron chi connectivity index (χ3n) is 3.20. The molecule has 1 rings (SSSR count). The first-order valence-corrected chi connectivity index (χ1v) is 6.27. The Balaban J connectivity index is 2.55. The molecule has 1 saturated heterocycles. The molecule has 0 aliphatic carbocycles. The minimum atomic E-state index is -1.25. The van der Waals surface area contributed by atoms with E-state index in [1.54, 1.807) is 0 Å². The van der Waals surface area contributed by atoms with Crippen molar-refractivity contribution in [2.45, 2.75) is 38.3 Å². The third-order valence-corrected chi connectivity index (χ3v) is 3.20. The van der Waals surface area contributed by atoms with Gasteiger partial charge in [0.1, 0.15) is 6.04 Å². The Hall–Kier alpha value is -1.63. The van der Waals surface area contributed by atoms with Crippen molar-refractivity contribution in [3.8, 4) is 0 Å². The highest BCUT2D eigenvalue weighted by molar-refractivity contribution is 5.89. The number of ether oxygens (including phenoxy) is 1. The van der Waals surface area contributed by atoms with Crippen molar-refractivity contribution in [3.05, 3.63) is 0 Å². The van der Waals surface area contributed by atoms with Crippen molar-refractivity contribution in [1.29, 1.82) is 0 Å². The van der Waals surface area contributed by atoms with Crippen LogP contribution < -0.4 is 10.6 Å². The lowest BCUT2D eigenvalue weighted by Gasteiger charge is -2.28. The predicted molar refractivity (Wildman–Crippen MR) is 66.4 cm³/mol. The topological polar surface area (TPSA) is 105 Å². The number of esters is 1. The second-order valence-electron chi connectivity index (χ2n) is 4.82. The van der Waals surface area contributed by atoms with Gasteiger partial charge in [0.05, 0.1) is 19.6 Å². The van der Waals surface area contributed by atoms with Crippen LogP contribution >= 0.6 is 0 Å². The van der Waals surface area contributed by atoms with E-state index in [1.165, 1.54) is 7.11 Å². The monoisotopic (exact) mass is 272 g/mol. The maximum Gasteiger partial charge on any atom is 0.326 e.